The predicted octanol–water partition coefficient (Wildman–Crippen LogP) is 2.87. The summed E-state index contributed by atoms with van der Waals surface area (Å²) in [6.07, 6.45) is 2.89. The van der Waals surface area contributed by atoms with E-state index < -0.39 is 0 Å². The lowest BCUT2D eigenvalue weighted by Gasteiger charge is -2.07. The second kappa shape index (κ2) is 9.10. The maximum atomic E-state index is 13.1. The molecule has 170 valence electrons. The lowest BCUT2D eigenvalue weighted by atomic mass is 10.1. The lowest BCUT2D eigenvalue weighted by molar-refractivity contribution is 0.0943. The van der Waals surface area contributed by atoms with E-state index >= 15 is 0 Å². The van der Waals surface area contributed by atoms with Crippen LogP contribution in [0.5, 0.6) is 0 Å². The first-order chi connectivity index (χ1) is 16.6. The zero-order chi connectivity index (χ0) is 23.5. The molecule has 3 aromatic heterocycles. The van der Waals surface area contributed by atoms with Crippen LogP contribution in [0.25, 0.3) is 22.4 Å². The number of nitrogens with zero attached hydrogens (tertiary/aromatic N) is 5. The molecule has 0 saturated carbocycles. The van der Waals surface area contributed by atoms with Crippen molar-refractivity contribution in [1.82, 2.24) is 29.8 Å². The molecule has 1 N–H and O–H groups in total. The number of hydrogen-bond acceptors (Lipinski definition) is 6. The molecule has 1 amide bonds. The Bertz CT molecular complexity index is 1510. The Morgan fingerprint density at radius 3 is 2.68 bits per heavy atom. The van der Waals surface area contributed by atoms with Crippen molar-refractivity contribution in [2.75, 3.05) is 6.54 Å². The van der Waals surface area contributed by atoms with Crippen LogP contribution in [-0.2, 0) is 13.1 Å². The molecule has 5 aromatic rings. The van der Waals surface area contributed by atoms with Crippen LogP contribution in [-0.4, -0.2) is 36.9 Å². The van der Waals surface area contributed by atoms with Crippen LogP contribution in [0.2, 0.25) is 0 Å². The van der Waals surface area contributed by atoms with E-state index in [0.29, 0.717) is 23.3 Å². The molecule has 0 unspecified atom stereocenters. The highest BCUT2D eigenvalue weighted by molar-refractivity contribution is 5.93. The fourth-order valence-corrected chi connectivity index (χ4v) is 3.55. The Morgan fingerprint density at radius 2 is 1.88 bits per heavy atom. The number of carbonyl (C=O) groups excluding carboxylic acids is 1. The van der Waals surface area contributed by atoms with Crippen molar-refractivity contribution in [2.45, 2.75) is 13.1 Å². The highest BCUT2D eigenvalue weighted by atomic mass is 19.1. The van der Waals surface area contributed by atoms with Crippen LogP contribution in [0, 0.1) is 5.82 Å². The average molecular weight is 458 g/mol. The molecule has 0 aliphatic heterocycles. The molecule has 9 nitrogen and oxygen atoms in total. The van der Waals surface area contributed by atoms with E-state index in [9.17, 15) is 14.0 Å². The summed E-state index contributed by atoms with van der Waals surface area (Å²) in [6, 6.07) is 16.9. The van der Waals surface area contributed by atoms with Crippen molar-refractivity contribution >= 4 is 16.9 Å². The summed E-state index contributed by atoms with van der Waals surface area (Å²) in [6.45, 7) is 0.836. The van der Waals surface area contributed by atoms with Gasteiger partial charge in [-0.1, -0.05) is 47.6 Å². The zero-order valence-corrected chi connectivity index (χ0v) is 17.9. The van der Waals surface area contributed by atoms with Gasteiger partial charge >= 0.3 is 0 Å². The van der Waals surface area contributed by atoms with Crippen LogP contribution in [0.15, 0.2) is 82.5 Å². The second-order valence-electron chi connectivity index (χ2n) is 7.61. The van der Waals surface area contributed by atoms with Gasteiger partial charge in [0, 0.05) is 18.2 Å². The number of amides is 1. The molecule has 0 bridgehead atoms. The Labute approximate surface area is 192 Å². The molecule has 0 aliphatic carbocycles. The normalized spacial score (nSPS) is 11.1. The minimum atomic E-state index is -0.378. The average Bonchev–Trinajstić information content (AvgIpc) is 3.51. The number of nitrogens with one attached hydrogen (secondary N) is 1. The predicted molar refractivity (Wildman–Crippen MR) is 122 cm³/mol. The van der Waals surface area contributed by atoms with Crippen molar-refractivity contribution in [2.24, 2.45) is 0 Å². The number of benzene rings is 2. The van der Waals surface area contributed by atoms with Crippen molar-refractivity contribution in [3.05, 3.63) is 101 Å². The van der Waals surface area contributed by atoms with Crippen molar-refractivity contribution < 1.29 is 13.7 Å². The fraction of sp³-hybridized carbons (Fsp3) is 0.125. The number of halogens is 1. The third kappa shape index (κ3) is 4.33. The zero-order valence-electron chi connectivity index (χ0n) is 17.9. The quantitative estimate of drug-likeness (QED) is 0.402. The van der Waals surface area contributed by atoms with E-state index in [4.69, 9.17) is 4.52 Å². The maximum Gasteiger partial charge on any atom is 0.273 e. The summed E-state index contributed by atoms with van der Waals surface area (Å²) in [5.74, 6) is -0.208. The first-order valence-corrected chi connectivity index (χ1v) is 10.5. The van der Waals surface area contributed by atoms with Crippen LogP contribution >= 0.6 is 0 Å². The number of rotatable bonds is 7. The summed E-state index contributed by atoms with van der Waals surface area (Å²) < 4.78 is 21.4. The Morgan fingerprint density at radius 1 is 1.09 bits per heavy atom. The fourth-order valence-electron chi connectivity index (χ4n) is 3.55. The van der Waals surface area contributed by atoms with E-state index in [1.54, 1.807) is 22.9 Å². The minimum absolute atomic E-state index is 0.172. The molecule has 0 saturated heterocycles. The standard InChI is InChI=1S/C24H19FN6O3/c25-18-8-6-16(7-9-18)14-30-15-27-22-19(24(30)33)13-28-31(22)11-10-26-23(32)20-12-21(34-29-20)17-4-2-1-3-5-17/h1-9,12-13,15H,10-11,14H2,(H,26,32). The van der Waals surface area contributed by atoms with Crippen LogP contribution in [0.4, 0.5) is 4.39 Å². The van der Waals surface area contributed by atoms with Crippen LogP contribution < -0.4 is 10.9 Å². The van der Waals surface area contributed by atoms with Crippen molar-refractivity contribution in [3.63, 3.8) is 0 Å². The van der Waals surface area contributed by atoms with Crippen molar-refractivity contribution in [3.8, 4) is 11.3 Å². The summed E-state index contributed by atoms with van der Waals surface area (Å²) in [7, 11) is 0. The maximum absolute atomic E-state index is 13.1. The number of carbonyl (C=O) groups is 1. The van der Waals surface area contributed by atoms with Gasteiger partial charge in [0.05, 0.1) is 19.3 Å². The number of hydrogen-bond donors (Lipinski definition) is 1. The first-order valence-electron chi connectivity index (χ1n) is 10.5. The highest BCUT2D eigenvalue weighted by Crippen LogP contribution is 2.19. The summed E-state index contributed by atoms with van der Waals surface area (Å²) >= 11 is 0. The molecular formula is C24H19FN6O3. The van der Waals surface area contributed by atoms with Gasteiger partial charge in [-0.25, -0.2) is 14.1 Å². The van der Waals surface area contributed by atoms with E-state index in [2.05, 4.69) is 20.6 Å². The van der Waals surface area contributed by atoms with Gasteiger partial charge in [-0.15, -0.1) is 0 Å². The van der Waals surface area contributed by atoms with E-state index in [1.807, 2.05) is 30.3 Å². The molecule has 0 atom stereocenters. The molecule has 0 spiro atoms. The van der Waals surface area contributed by atoms with Gasteiger partial charge in [0.25, 0.3) is 11.5 Å². The second-order valence-corrected chi connectivity index (χ2v) is 7.61. The molecule has 10 heteroatoms. The van der Waals surface area contributed by atoms with Crippen LogP contribution in [0.1, 0.15) is 16.1 Å². The molecule has 0 fully saturated rings. The number of fused-ring (bicyclic) bond motifs is 1. The molecule has 2 aromatic carbocycles. The summed E-state index contributed by atoms with van der Waals surface area (Å²) in [5.41, 5.74) is 1.95. The summed E-state index contributed by atoms with van der Waals surface area (Å²) in [4.78, 5) is 29.6. The van der Waals surface area contributed by atoms with Gasteiger partial charge in [0.2, 0.25) is 0 Å². The first kappa shape index (κ1) is 21.3. The van der Waals surface area contributed by atoms with Gasteiger partial charge in [0.1, 0.15) is 17.5 Å². The van der Waals surface area contributed by atoms with E-state index in [-0.39, 0.29) is 36.1 Å². The van der Waals surface area contributed by atoms with E-state index in [1.165, 1.54) is 29.2 Å². The molecule has 0 radical (unpaired) electrons. The molecule has 0 aliphatic rings. The summed E-state index contributed by atoms with van der Waals surface area (Å²) in [5, 5.41) is 11.2. The number of aromatic nitrogens is 5. The van der Waals surface area contributed by atoms with Gasteiger partial charge in [0.15, 0.2) is 17.1 Å². The lowest BCUT2D eigenvalue weighted by Crippen LogP contribution is -2.28. The third-order valence-corrected chi connectivity index (χ3v) is 5.30. The van der Waals surface area contributed by atoms with Gasteiger partial charge < -0.3 is 9.84 Å². The monoisotopic (exact) mass is 458 g/mol. The highest BCUT2D eigenvalue weighted by Gasteiger charge is 2.14. The third-order valence-electron chi connectivity index (χ3n) is 5.30. The van der Waals surface area contributed by atoms with Gasteiger partial charge in [-0.05, 0) is 17.7 Å². The van der Waals surface area contributed by atoms with Gasteiger partial charge in [-0.2, -0.15) is 5.10 Å². The van der Waals surface area contributed by atoms with E-state index in [0.717, 1.165) is 11.1 Å². The Balaban J connectivity index is 1.24. The molecule has 5 rings (SSSR count). The Hall–Kier alpha value is -4.60. The molecule has 34 heavy (non-hydrogen) atoms. The van der Waals surface area contributed by atoms with Crippen molar-refractivity contribution in [1.29, 1.82) is 0 Å². The topological polar surface area (TPSA) is 108 Å². The molecular weight excluding hydrogens is 439 g/mol. The Kier molecular flexibility index (Phi) is 5.69. The SMILES string of the molecule is O=C(NCCn1ncc2c(=O)n(Cc3ccc(F)cc3)cnc21)c1cc(-c2ccccc2)on1. The largest absolute Gasteiger partial charge is 0.355 e. The van der Waals surface area contributed by atoms with Gasteiger partial charge in [-0.3, -0.25) is 14.2 Å². The molecule has 3 heterocycles. The van der Waals surface area contributed by atoms with Crippen LogP contribution in [0.3, 0.4) is 0 Å². The minimum Gasteiger partial charge on any atom is -0.355 e. The smallest absolute Gasteiger partial charge is 0.273 e.